The van der Waals surface area contributed by atoms with E-state index in [1.165, 1.54) is 12.1 Å². The van der Waals surface area contributed by atoms with Crippen LogP contribution in [0.1, 0.15) is 10.4 Å². The molecule has 0 fully saturated rings. The van der Waals surface area contributed by atoms with Crippen molar-refractivity contribution in [3.05, 3.63) is 51.5 Å². The van der Waals surface area contributed by atoms with Crippen LogP contribution >= 0.6 is 27.5 Å². The molecule has 0 aliphatic rings. The predicted octanol–water partition coefficient (Wildman–Crippen LogP) is 4.10. The first-order valence-corrected chi connectivity index (χ1v) is 6.95. The summed E-state index contributed by atoms with van der Waals surface area (Å²) >= 11 is 9.12. The van der Waals surface area contributed by atoms with Crippen molar-refractivity contribution in [1.29, 1.82) is 0 Å². The summed E-state index contributed by atoms with van der Waals surface area (Å²) in [5.74, 6) is -0.560. The van der Waals surface area contributed by atoms with Gasteiger partial charge >= 0.3 is 0 Å². The van der Waals surface area contributed by atoms with E-state index in [0.29, 0.717) is 10.7 Å². The Balaban J connectivity index is 2.23. The zero-order valence-electron chi connectivity index (χ0n) is 10.6. The van der Waals surface area contributed by atoms with Crippen LogP contribution in [0.2, 0.25) is 5.02 Å². The highest BCUT2D eigenvalue weighted by atomic mass is 79.9. The molecule has 0 atom stereocenters. The van der Waals surface area contributed by atoms with Crippen LogP contribution in [0, 0.1) is 0 Å². The molecule has 0 heterocycles. The van der Waals surface area contributed by atoms with Crippen LogP contribution in [-0.2, 0) is 0 Å². The second-order valence-corrected chi connectivity index (χ2v) is 5.35. The normalized spacial score (nSPS) is 10.2. The van der Waals surface area contributed by atoms with Crippen LogP contribution < -0.4 is 10.6 Å². The second-order valence-electron chi connectivity index (χ2n) is 4.06. The largest absolute Gasteiger partial charge is 0.507 e. The highest BCUT2D eigenvalue weighted by Gasteiger charge is 2.13. The van der Waals surface area contributed by atoms with Crippen LogP contribution in [0.3, 0.4) is 0 Å². The lowest BCUT2D eigenvalue weighted by atomic mass is 10.2. The molecule has 0 unspecified atom stereocenters. The lowest BCUT2D eigenvalue weighted by Gasteiger charge is -2.10. The van der Waals surface area contributed by atoms with Crippen molar-refractivity contribution in [3.8, 4) is 5.75 Å². The number of phenols is 1. The summed E-state index contributed by atoms with van der Waals surface area (Å²) in [5, 5.41) is 15.8. The van der Waals surface area contributed by atoms with Crippen molar-refractivity contribution in [2.75, 3.05) is 17.7 Å². The molecule has 0 aliphatic heterocycles. The quantitative estimate of drug-likeness (QED) is 0.777. The fourth-order valence-corrected chi connectivity index (χ4v) is 2.30. The second kappa shape index (κ2) is 6.15. The molecule has 0 radical (unpaired) electrons. The van der Waals surface area contributed by atoms with Gasteiger partial charge in [0.05, 0.1) is 11.3 Å². The van der Waals surface area contributed by atoms with Gasteiger partial charge in [0.25, 0.3) is 5.91 Å². The number of nitrogens with one attached hydrogen (secondary N) is 2. The number of carbonyl (C=O) groups excluding carboxylic acids is 1. The zero-order chi connectivity index (χ0) is 14.7. The van der Waals surface area contributed by atoms with Gasteiger partial charge in [-0.1, -0.05) is 11.6 Å². The SMILES string of the molecule is CNc1ccc(NC(=O)c2ccc(Cl)cc2O)c(Br)c1. The molecule has 0 bridgehead atoms. The molecule has 2 rings (SSSR count). The number of amides is 1. The van der Waals surface area contributed by atoms with Crippen molar-refractivity contribution < 1.29 is 9.90 Å². The summed E-state index contributed by atoms with van der Waals surface area (Å²) in [6.07, 6.45) is 0. The van der Waals surface area contributed by atoms with Crippen molar-refractivity contribution in [2.24, 2.45) is 0 Å². The molecule has 2 aromatic carbocycles. The number of carbonyl (C=O) groups is 1. The van der Waals surface area contributed by atoms with Crippen molar-refractivity contribution in [1.82, 2.24) is 0 Å². The number of halogens is 2. The Morgan fingerprint density at radius 1 is 1.25 bits per heavy atom. The van der Waals surface area contributed by atoms with E-state index in [2.05, 4.69) is 26.6 Å². The Morgan fingerprint density at radius 3 is 2.60 bits per heavy atom. The molecule has 0 saturated heterocycles. The Morgan fingerprint density at radius 2 is 2.00 bits per heavy atom. The first-order valence-electron chi connectivity index (χ1n) is 5.78. The van der Waals surface area contributed by atoms with E-state index >= 15 is 0 Å². The molecule has 0 aliphatic carbocycles. The van der Waals surface area contributed by atoms with E-state index in [4.69, 9.17) is 11.6 Å². The van der Waals surface area contributed by atoms with Crippen molar-refractivity contribution >= 4 is 44.8 Å². The summed E-state index contributed by atoms with van der Waals surface area (Å²) in [5.41, 5.74) is 1.70. The minimum absolute atomic E-state index is 0.155. The van der Waals surface area contributed by atoms with Crippen LogP contribution in [0.25, 0.3) is 0 Å². The van der Waals surface area contributed by atoms with Gasteiger partial charge < -0.3 is 15.7 Å². The zero-order valence-corrected chi connectivity index (χ0v) is 12.9. The molecular formula is C14H12BrClN2O2. The third-order valence-corrected chi connectivity index (χ3v) is 3.60. The average molecular weight is 356 g/mol. The van der Waals surface area contributed by atoms with Crippen molar-refractivity contribution in [3.63, 3.8) is 0 Å². The van der Waals surface area contributed by atoms with Gasteiger partial charge in [0.2, 0.25) is 0 Å². The van der Waals surface area contributed by atoms with Crippen LogP contribution in [0.15, 0.2) is 40.9 Å². The van der Waals surface area contributed by atoms with Crippen LogP contribution in [0.4, 0.5) is 11.4 Å². The summed E-state index contributed by atoms with van der Waals surface area (Å²) in [4.78, 5) is 12.1. The number of aromatic hydroxyl groups is 1. The van der Waals surface area contributed by atoms with Gasteiger partial charge in [-0.25, -0.2) is 0 Å². The molecule has 6 heteroatoms. The van der Waals surface area contributed by atoms with Gasteiger partial charge in [0.15, 0.2) is 0 Å². The first kappa shape index (κ1) is 14.7. The van der Waals surface area contributed by atoms with Gasteiger partial charge in [-0.05, 0) is 52.3 Å². The summed E-state index contributed by atoms with van der Waals surface area (Å²) in [6, 6.07) is 9.80. The Kier molecular flexibility index (Phi) is 4.52. The van der Waals surface area contributed by atoms with Gasteiger partial charge in [-0.15, -0.1) is 0 Å². The smallest absolute Gasteiger partial charge is 0.259 e. The highest BCUT2D eigenvalue weighted by molar-refractivity contribution is 9.10. The van der Waals surface area contributed by atoms with E-state index < -0.39 is 5.91 Å². The Labute approximate surface area is 129 Å². The lowest BCUT2D eigenvalue weighted by Crippen LogP contribution is -2.12. The van der Waals surface area contributed by atoms with E-state index in [0.717, 1.165) is 10.2 Å². The molecule has 20 heavy (non-hydrogen) atoms. The van der Waals surface area contributed by atoms with E-state index in [-0.39, 0.29) is 11.3 Å². The van der Waals surface area contributed by atoms with Gasteiger partial charge in [-0.2, -0.15) is 0 Å². The molecule has 4 nitrogen and oxygen atoms in total. The fraction of sp³-hybridized carbons (Fsp3) is 0.0714. The number of phenolic OH excluding ortho intramolecular Hbond substituents is 1. The Bertz CT molecular complexity index is 662. The summed E-state index contributed by atoms with van der Waals surface area (Å²) < 4.78 is 0.742. The molecule has 104 valence electrons. The van der Waals surface area contributed by atoms with Crippen molar-refractivity contribution in [2.45, 2.75) is 0 Å². The molecule has 1 amide bonds. The average Bonchev–Trinajstić information content (AvgIpc) is 2.40. The maximum Gasteiger partial charge on any atom is 0.259 e. The monoisotopic (exact) mass is 354 g/mol. The number of benzene rings is 2. The topological polar surface area (TPSA) is 61.4 Å². The summed E-state index contributed by atoms with van der Waals surface area (Å²) in [6.45, 7) is 0. The maximum atomic E-state index is 12.1. The number of anilines is 2. The predicted molar refractivity (Wildman–Crippen MR) is 84.8 cm³/mol. The molecule has 3 N–H and O–H groups in total. The fourth-order valence-electron chi connectivity index (χ4n) is 1.66. The lowest BCUT2D eigenvalue weighted by molar-refractivity contribution is 0.102. The van der Waals surface area contributed by atoms with Gasteiger partial charge in [0, 0.05) is 22.2 Å². The number of rotatable bonds is 3. The third kappa shape index (κ3) is 3.23. The molecule has 0 aromatic heterocycles. The molecule has 2 aromatic rings. The van der Waals surface area contributed by atoms with E-state index in [9.17, 15) is 9.90 Å². The minimum atomic E-state index is -0.405. The molecular weight excluding hydrogens is 344 g/mol. The number of hydrogen-bond acceptors (Lipinski definition) is 3. The third-order valence-electron chi connectivity index (χ3n) is 2.71. The van der Waals surface area contributed by atoms with E-state index in [1.54, 1.807) is 12.1 Å². The Hall–Kier alpha value is -1.72. The van der Waals surface area contributed by atoms with E-state index in [1.807, 2.05) is 19.2 Å². The summed E-state index contributed by atoms with van der Waals surface area (Å²) in [7, 11) is 1.81. The van der Waals surface area contributed by atoms with Gasteiger partial charge in [0.1, 0.15) is 5.75 Å². The molecule has 0 spiro atoms. The van der Waals surface area contributed by atoms with Gasteiger partial charge in [-0.3, -0.25) is 4.79 Å². The van der Waals surface area contributed by atoms with Crippen LogP contribution in [-0.4, -0.2) is 18.1 Å². The first-order chi connectivity index (χ1) is 9.51. The van der Waals surface area contributed by atoms with Crippen LogP contribution in [0.5, 0.6) is 5.75 Å². The standard InChI is InChI=1S/C14H12BrClN2O2/c1-17-9-3-5-12(11(15)7-9)18-14(20)10-4-2-8(16)6-13(10)19/h2-7,17,19H,1H3,(H,18,20). The number of hydrogen-bond donors (Lipinski definition) is 3. The highest BCUT2D eigenvalue weighted by Crippen LogP contribution is 2.28. The minimum Gasteiger partial charge on any atom is -0.507 e. The molecule has 0 saturated carbocycles. The maximum absolute atomic E-state index is 12.1.